The zero-order valence-corrected chi connectivity index (χ0v) is 16.1. The van der Waals surface area contributed by atoms with Gasteiger partial charge in [-0.2, -0.15) is 0 Å². The van der Waals surface area contributed by atoms with Crippen molar-refractivity contribution in [1.29, 1.82) is 0 Å². The van der Waals surface area contributed by atoms with Crippen molar-refractivity contribution >= 4 is 34.6 Å². The zero-order chi connectivity index (χ0) is 18.5. The van der Waals surface area contributed by atoms with E-state index < -0.39 is 0 Å². The van der Waals surface area contributed by atoms with E-state index in [1.807, 2.05) is 50.2 Å². The Bertz CT molecular complexity index is 831. The van der Waals surface area contributed by atoms with Gasteiger partial charge in [-0.05, 0) is 49.2 Å². The van der Waals surface area contributed by atoms with Gasteiger partial charge in [0.1, 0.15) is 23.0 Å². The number of hydrogen-bond donors (Lipinski definition) is 0. The molecule has 0 unspecified atom stereocenters. The normalized spacial score (nSPS) is 10.5. The van der Waals surface area contributed by atoms with Gasteiger partial charge in [0.2, 0.25) is 0 Å². The third kappa shape index (κ3) is 4.80. The molecule has 1 aromatic carbocycles. The van der Waals surface area contributed by atoms with Crippen LogP contribution in [0.15, 0.2) is 48.5 Å². The van der Waals surface area contributed by atoms with Crippen LogP contribution in [-0.2, 0) is 22.7 Å². The molecule has 0 spiro atoms. The molecule has 0 aliphatic rings. The Balaban J connectivity index is 1.48. The van der Waals surface area contributed by atoms with Crippen molar-refractivity contribution in [3.63, 3.8) is 0 Å². The van der Waals surface area contributed by atoms with Crippen molar-refractivity contribution in [3.05, 3.63) is 79.2 Å². The number of hydrogen-bond acceptors (Lipinski definition) is 6. The molecular weight excluding hydrogens is 368 g/mol. The molecule has 6 heteroatoms. The standard InChI is InChI=1S/C20H18O4S2/c1-13-3-9-17(25-13)19(21)23-11-15-5-7-16(8-6-15)12-24-20(22)18-10-4-14(2)26-18/h3-10H,11-12H2,1-2H3. The molecule has 26 heavy (non-hydrogen) atoms. The molecule has 2 heterocycles. The van der Waals surface area contributed by atoms with Gasteiger partial charge in [0.05, 0.1) is 0 Å². The number of carbonyl (C=O) groups excluding carboxylic acids is 2. The number of aryl methyl sites for hydroxylation is 2. The van der Waals surface area contributed by atoms with Crippen molar-refractivity contribution in [2.24, 2.45) is 0 Å². The first kappa shape index (κ1) is 18.4. The topological polar surface area (TPSA) is 52.6 Å². The Kier molecular flexibility index (Phi) is 5.85. The molecule has 0 N–H and O–H groups in total. The summed E-state index contributed by atoms with van der Waals surface area (Å²) >= 11 is 2.84. The molecule has 3 aromatic rings. The van der Waals surface area contributed by atoms with Crippen LogP contribution in [0, 0.1) is 13.8 Å². The maximum atomic E-state index is 11.9. The first-order valence-corrected chi connectivity index (χ1v) is 9.69. The Hall–Kier alpha value is -2.44. The van der Waals surface area contributed by atoms with Crippen molar-refractivity contribution in [2.75, 3.05) is 0 Å². The summed E-state index contributed by atoms with van der Waals surface area (Å²) < 4.78 is 10.6. The van der Waals surface area contributed by atoms with E-state index in [-0.39, 0.29) is 25.2 Å². The molecule has 0 atom stereocenters. The van der Waals surface area contributed by atoms with Gasteiger partial charge in [0.15, 0.2) is 0 Å². The van der Waals surface area contributed by atoms with Gasteiger partial charge in [0.25, 0.3) is 0 Å². The lowest BCUT2D eigenvalue weighted by molar-refractivity contribution is 0.0466. The fourth-order valence-corrected chi connectivity index (χ4v) is 3.78. The monoisotopic (exact) mass is 386 g/mol. The smallest absolute Gasteiger partial charge is 0.348 e. The van der Waals surface area contributed by atoms with Crippen molar-refractivity contribution in [1.82, 2.24) is 0 Å². The maximum absolute atomic E-state index is 11.9. The fourth-order valence-electron chi connectivity index (χ4n) is 2.26. The average molecular weight is 386 g/mol. The van der Waals surface area contributed by atoms with E-state index >= 15 is 0 Å². The van der Waals surface area contributed by atoms with Gasteiger partial charge >= 0.3 is 11.9 Å². The van der Waals surface area contributed by atoms with Crippen molar-refractivity contribution in [2.45, 2.75) is 27.1 Å². The second-order valence-corrected chi connectivity index (χ2v) is 8.37. The van der Waals surface area contributed by atoms with Crippen LogP contribution in [0.3, 0.4) is 0 Å². The highest BCUT2D eigenvalue weighted by molar-refractivity contribution is 7.14. The van der Waals surface area contributed by atoms with Gasteiger partial charge in [-0.25, -0.2) is 9.59 Å². The second-order valence-electron chi connectivity index (χ2n) is 5.79. The molecule has 0 fully saturated rings. The van der Waals surface area contributed by atoms with Gasteiger partial charge in [0, 0.05) is 9.75 Å². The van der Waals surface area contributed by atoms with E-state index in [0.29, 0.717) is 9.75 Å². The van der Waals surface area contributed by atoms with Crippen LogP contribution in [0.1, 0.15) is 40.2 Å². The summed E-state index contributed by atoms with van der Waals surface area (Å²) in [4.78, 5) is 27.3. The van der Waals surface area contributed by atoms with E-state index in [4.69, 9.17) is 9.47 Å². The third-order valence-electron chi connectivity index (χ3n) is 3.65. The van der Waals surface area contributed by atoms with Crippen LogP contribution < -0.4 is 0 Å². The summed E-state index contributed by atoms with van der Waals surface area (Å²) in [5.74, 6) is -0.625. The molecule has 4 nitrogen and oxygen atoms in total. The van der Waals surface area contributed by atoms with E-state index in [2.05, 4.69) is 0 Å². The SMILES string of the molecule is Cc1ccc(C(=O)OCc2ccc(COC(=O)c3ccc(C)s3)cc2)s1. The molecule has 0 aliphatic heterocycles. The first-order chi connectivity index (χ1) is 12.5. The Morgan fingerprint density at radius 3 is 1.38 bits per heavy atom. The van der Waals surface area contributed by atoms with Crippen molar-refractivity contribution < 1.29 is 19.1 Å². The molecule has 3 rings (SSSR count). The van der Waals surface area contributed by atoms with E-state index in [1.165, 1.54) is 22.7 Å². The predicted octanol–water partition coefficient (Wildman–Crippen LogP) is 5.14. The summed E-state index contributed by atoms with van der Waals surface area (Å²) in [5, 5.41) is 0. The van der Waals surface area contributed by atoms with Crippen LogP contribution >= 0.6 is 22.7 Å². The minimum absolute atomic E-state index is 0.213. The van der Waals surface area contributed by atoms with Crippen LogP contribution in [0.25, 0.3) is 0 Å². The highest BCUT2D eigenvalue weighted by Gasteiger charge is 2.11. The number of rotatable bonds is 6. The Morgan fingerprint density at radius 2 is 1.08 bits per heavy atom. The predicted molar refractivity (Wildman–Crippen MR) is 103 cm³/mol. The fraction of sp³-hybridized carbons (Fsp3) is 0.200. The summed E-state index contributed by atoms with van der Waals surface area (Å²) in [6.07, 6.45) is 0. The number of thiophene rings is 2. The van der Waals surface area contributed by atoms with Gasteiger partial charge in [-0.1, -0.05) is 24.3 Å². The lowest BCUT2D eigenvalue weighted by atomic mass is 10.1. The van der Waals surface area contributed by atoms with E-state index in [9.17, 15) is 9.59 Å². The first-order valence-electron chi connectivity index (χ1n) is 8.06. The molecule has 0 aliphatic carbocycles. The molecule has 2 aromatic heterocycles. The van der Waals surface area contributed by atoms with Gasteiger partial charge in [-0.15, -0.1) is 22.7 Å². The number of ether oxygens (including phenoxy) is 2. The largest absolute Gasteiger partial charge is 0.457 e. The number of carbonyl (C=O) groups is 2. The Morgan fingerprint density at radius 1 is 0.692 bits per heavy atom. The third-order valence-corrected chi connectivity index (χ3v) is 5.61. The molecule has 0 saturated heterocycles. The molecule has 0 saturated carbocycles. The highest BCUT2D eigenvalue weighted by Crippen LogP contribution is 2.18. The van der Waals surface area contributed by atoms with Gasteiger partial charge < -0.3 is 9.47 Å². The highest BCUT2D eigenvalue weighted by atomic mass is 32.1. The van der Waals surface area contributed by atoms with Crippen molar-refractivity contribution in [3.8, 4) is 0 Å². The molecule has 0 radical (unpaired) electrons. The van der Waals surface area contributed by atoms with E-state index in [1.54, 1.807) is 12.1 Å². The van der Waals surface area contributed by atoms with Gasteiger partial charge in [-0.3, -0.25) is 0 Å². The zero-order valence-electron chi connectivity index (χ0n) is 14.5. The van der Waals surface area contributed by atoms with Crippen LogP contribution in [0.4, 0.5) is 0 Å². The van der Waals surface area contributed by atoms with Crippen LogP contribution in [0.5, 0.6) is 0 Å². The molecule has 0 bridgehead atoms. The summed E-state index contributed by atoms with van der Waals surface area (Å²) in [7, 11) is 0. The maximum Gasteiger partial charge on any atom is 0.348 e. The average Bonchev–Trinajstić information content (AvgIpc) is 3.27. The van der Waals surface area contributed by atoms with E-state index in [0.717, 1.165) is 20.9 Å². The number of benzene rings is 1. The van der Waals surface area contributed by atoms with Crippen LogP contribution in [-0.4, -0.2) is 11.9 Å². The minimum atomic E-state index is -0.313. The summed E-state index contributed by atoms with van der Waals surface area (Å²) in [5.41, 5.74) is 1.77. The second kappa shape index (κ2) is 8.29. The Labute approximate surface area is 160 Å². The quantitative estimate of drug-likeness (QED) is 0.551. The van der Waals surface area contributed by atoms with Crippen LogP contribution in [0.2, 0.25) is 0 Å². The lowest BCUT2D eigenvalue weighted by Gasteiger charge is -2.06. The molecular formula is C20H18O4S2. The lowest BCUT2D eigenvalue weighted by Crippen LogP contribution is -2.04. The number of esters is 2. The molecule has 134 valence electrons. The minimum Gasteiger partial charge on any atom is -0.457 e. The molecule has 0 amide bonds. The summed E-state index contributed by atoms with van der Waals surface area (Å²) in [6, 6.07) is 14.8. The summed E-state index contributed by atoms with van der Waals surface area (Å²) in [6.45, 7) is 4.33.